The second kappa shape index (κ2) is 7.52. The maximum Gasteiger partial charge on any atom is 0.255 e. The van der Waals surface area contributed by atoms with Crippen LogP contribution < -0.4 is 10.5 Å². The molecule has 0 spiro atoms. The molecule has 4 aromatic rings. The third-order valence-electron chi connectivity index (χ3n) is 8.16. The van der Waals surface area contributed by atoms with E-state index in [1.807, 2.05) is 34.7 Å². The lowest BCUT2D eigenvalue weighted by molar-refractivity contribution is 0.0700. The number of methoxy groups -OCH3 is 1. The van der Waals surface area contributed by atoms with Crippen molar-refractivity contribution in [1.29, 1.82) is 0 Å². The van der Waals surface area contributed by atoms with Gasteiger partial charge in [0.2, 0.25) is 5.88 Å². The summed E-state index contributed by atoms with van der Waals surface area (Å²) >= 11 is 0. The number of pyridine rings is 2. The van der Waals surface area contributed by atoms with Crippen LogP contribution in [0.1, 0.15) is 36.0 Å². The smallest absolute Gasteiger partial charge is 0.255 e. The Kier molecular flexibility index (Phi) is 4.48. The number of likely N-dealkylation sites (tertiary alicyclic amines) is 1. The summed E-state index contributed by atoms with van der Waals surface area (Å²) in [6, 6.07) is 8.18. The lowest BCUT2D eigenvalue weighted by Crippen LogP contribution is -2.41. The number of ether oxygens (including phenoxy) is 1. The van der Waals surface area contributed by atoms with Crippen molar-refractivity contribution in [3.8, 4) is 17.4 Å². The van der Waals surface area contributed by atoms with Crippen molar-refractivity contribution in [3.63, 3.8) is 0 Å². The van der Waals surface area contributed by atoms with E-state index >= 15 is 0 Å². The molecular formula is C26H29N7O2. The summed E-state index contributed by atoms with van der Waals surface area (Å²) in [6.07, 6.45) is 6.26. The van der Waals surface area contributed by atoms with Gasteiger partial charge in [-0.05, 0) is 55.7 Å². The highest BCUT2D eigenvalue weighted by Gasteiger charge is 2.46. The summed E-state index contributed by atoms with van der Waals surface area (Å²) in [5.41, 5.74) is 10.3. The second-order valence-corrected chi connectivity index (χ2v) is 10.4. The monoisotopic (exact) mass is 471 g/mol. The minimum absolute atomic E-state index is 0.00777. The molecule has 1 amide bonds. The average Bonchev–Trinajstić information content (AvgIpc) is 3.29. The highest BCUT2D eigenvalue weighted by atomic mass is 16.5. The van der Waals surface area contributed by atoms with Crippen molar-refractivity contribution in [2.75, 3.05) is 13.7 Å². The van der Waals surface area contributed by atoms with Crippen LogP contribution in [0.2, 0.25) is 0 Å². The quantitative estimate of drug-likeness (QED) is 0.480. The van der Waals surface area contributed by atoms with Crippen molar-refractivity contribution in [3.05, 3.63) is 36.0 Å². The van der Waals surface area contributed by atoms with Crippen molar-refractivity contribution in [2.45, 2.75) is 44.3 Å². The number of piperidine rings is 1. The zero-order valence-corrected chi connectivity index (χ0v) is 20.0. The molecule has 5 heterocycles. The van der Waals surface area contributed by atoms with E-state index in [0.717, 1.165) is 59.6 Å². The standard InChI is InChI=1S/C26H29N7O2/c1-31-24-18(9-17(11-28-24)26(34)33-13-16-5-7-19(33)22(16)27)29-25(31)20-10-15-6-8-21(35-2)30-23(15)32(20)12-14-3-4-14/h6,8-11,14,16,19,22H,3-5,7,12-13,27H2,1-2H3/t16-,19-,22-/m1/s1. The fourth-order valence-electron chi connectivity index (χ4n) is 6.02. The number of fused-ring (bicyclic) bond motifs is 4. The zero-order chi connectivity index (χ0) is 23.8. The molecule has 9 nitrogen and oxygen atoms in total. The number of rotatable bonds is 5. The molecule has 2 aliphatic carbocycles. The molecule has 35 heavy (non-hydrogen) atoms. The first-order chi connectivity index (χ1) is 17.0. The Morgan fingerprint density at radius 2 is 2.00 bits per heavy atom. The number of carbonyl (C=O) groups is 1. The van der Waals surface area contributed by atoms with Gasteiger partial charge < -0.3 is 24.5 Å². The highest BCUT2D eigenvalue weighted by Crippen LogP contribution is 2.38. The number of carbonyl (C=O) groups excluding carboxylic acids is 1. The van der Waals surface area contributed by atoms with Crippen LogP contribution in [0.5, 0.6) is 5.88 Å². The van der Waals surface area contributed by atoms with E-state index in [2.05, 4.69) is 15.6 Å². The molecular weight excluding hydrogens is 442 g/mol. The molecule has 2 bridgehead atoms. The minimum atomic E-state index is 0.00777. The van der Waals surface area contributed by atoms with Gasteiger partial charge >= 0.3 is 0 Å². The van der Waals surface area contributed by atoms with Crippen LogP contribution in [-0.4, -0.2) is 60.6 Å². The van der Waals surface area contributed by atoms with E-state index in [1.54, 1.807) is 13.3 Å². The van der Waals surface area contributed by atoms with Gasteiger partial charge in [0.25, 0.3) is 5.91 Å². The number of hydrogen-bond donors (Lipinski definition) is 1. The van der Waals surface area contributed by atoms with Crippen molar-refractivity contribution in [1.82, 2.24) is 29.0 Å². The van der Waals surface area contributed by atoms with Crippen LogP contribution in [0, 0.1) is 11.8 Å². The van der Waals surface area contributed by atoms with Crippen LogP contribution in [0.3, 0.4) is 0 Å². The first-order valence-corrected chi connectivity index (χ1v) is 12.5. The number of imidazole rings is 1. The Hall–Kier alpha value is -3.46. The lowest BCUT2D eigenvalue weighted by atomic mass is 10.1. The summed E-state index contributed by atoms with van der Waals surface area (Å²) in [5, 5.41) is 1.05. The van der Waals surface area contributed by atoms with Crippen LogP contribution in [-0.2, 0) is 13.6 Å². The minimum Gasteiger partial charge on any atom is -0.481 e. The van der Waals surface area contributed by atoms with Gasteiger partial charge in [-0.1, -0.05) is 0 Å². The van der Waals surface area contributed by atoms with E-state index in [9.17, 15) is 4.79 Å². The summed E-state index contributed by atoms with van der Waals surface area (Å²) in [7, 11) is 3.62. The van der Waals surface area contributed by atoms with E-state index in [0.29, 0.717) is 23.3 Å². The number of aromatic nitrogens is 5. The molecule has 1 aliphatic heterocycles. The fourth-order valence-corrected chi connectivity index (χ4v) is 6.02. The molecule has 1 saturated heterocycles. The highest BCUT2D eigenvalue weighted by molar-refractivity contribution is 5.97. The predicted molar refractivity (Wildman–Crippen MR) is 132 cm³/mol. The average molecular weight is 472 g/mol. The maximum absolute atomic E-state index is 13.3. The van der Waals surface area contributed by atoms with Gasteiger partial charge in [0.1, 0.15) is 11.2 Å². The van der Waals surface area contributed by atoms with E-state index in [1.165, 1.54) is 12.8 Å². The predicted octanol–water partition coefficient (Wildman–Crippen LogP) is 2.97. The van der Waals surface area contributed by atoms with Crippen LogP contribution >= 0.6 is 0 Å². The normalized spacial score (nSPS) is 23.6. The molecule has 3 fully saturated rings. The molecule has 7 rings (SSSR count). The summed E-state index contributed by atoms with van der Waals surface area (Å²) in [5.74, 6) is 2.51. The van der Waals surface area contributed by atoms with Gasteiger partial charge in [-0.25, -0.2) is 9.97 Å². The van der Waals surface area contributed by atoms with Gasteiger partial charge in [0.05, 0.1) is 18.4 Å². The largest absolute Gasteiger partial charge is 0.481 e. The van der Waals surface area contributed by atoms with Crippen molar-refractivity contribution >= 4 is 28.1 Å². The third-order valence-corrected chi connectivity index (χ3v) is 8.16. The van der Waals surface area contributed by atoms with Gasteiger partial charge in [-0.2, -0.15) is 4.98 Å². The van der Waals surface area contributed by atoms with Gasteiger partial charge in [-0.15, -0.1) is 0 Å². The van der Waals surface area contributed by atoms with Crippen LogP contribution in [0.4, 0.5) is 0 Å². The van der Waals surface area contributed by atoms with Crippen LogP contribution in [0.15, 0.2) is 30.5 Å². The zero-order valence-electron chi connectivity index (χ0n) is 20.0. The third kappa shape index (κ3) is 3.17. The molecule has 3 aliphatic rings. The van der Waals surface area contributed by atoms with Crippen molar-refractivity contribution < 1.29 is 9.53 Å². The molecule has 180 valence electrons. The molecule has 0 aromatic carbocycles. The first-order valence-electron chi connectivity index (χ1n) is 12.5. The molecule has 2 saturated carbocycles. The van der Waals surface area contributed by atoms with Crippen LogP contribution in [0.25, 0.3) is 33.7 Å². The Morgan fingerprint density at radius 3 is 2.71 bits per heavy atom. The molecule has 2 N–H and O–H groups in total. The Bertz CT molecular complexity index is 1480. The molecule has 3 atom stereocenters. The molecule has 4 aromatic heterocycles. The second-order valence-electron chi connectivity index (χ2n) is 10.4. The summed E-state index contributed by atoms with van der Waals surface area (Å²) in [4.78, 5) is 29.6. The number of hydrogen-bond acceptors (Lipinski definition) is 6. The summed E-state index contributed by atoms with van der Waals surface area (Å²) < 4.78 is 9.65. The van der Waals surface area contributed by atoms with E-state index < -0.39 is 0 Å². The van der Waals surface area contributed by atoms with Gasteiger partial charge in [0, 0.05) is 49.9 Å². The Balaban J connectivity index is 1.30. The van der Waals surface area contributed by atoms with Gasteiger partial charge in [0.15, 0.2) is 11.5 Å². The maximum atomic E-state index is 13.3. The number of nitrogens with zero attached hydrogens (tertiary/aromatic N) is 6. The van der Waals surface area contributed by atoms with Crippen molar-refractivity contribution in [2.24, 2.45) is 24.6 Å². The Labute approximate surface area is 202 Å². The summed E-state index contributed by atoms with van der Waals surface area (Å²) in [6.45, 7) is 1.64. The van der Waals surface area contributed by atoms with E-state index in [4.69, 9.17) is 20.4 Å². The number of amides is 1. The Morgan fingerprint density at radius 1 is 1.14 bits per heavy atom. The number of nitrogens with two attached hydrogens (primary N) is 1. The first kappa shape index (κ1) is 20.9. The molecule has 0 radical (unpaired) electrons. The van der Waals surface area contributed by atoms with E-state index in [-0.39, 0.29) is 18.0 Å². The number of aryl methyl sites for hydroxylation is 1. The fraction of sp³-hybridized carbons (Fsp3) is 0.462. The topological polar surface area (TPSA) is 104 Å². The molecule has 9 heteroatoms. The SMILES string of the molecule is COc1ccc2cc(-c3nc4cc(C(=O)N5C[C@H]6CC[C@@H]5[C@@H]6N)cnc4n3C)n(CC3CC3)c2n1. The van der Waals surface area contributed by atoms with Gasteiger partial charge in [-0.3, -0.25) is 4.79 Å². The molecule has 0 unspecified atom stereocenters. The lowest BCUT2D eigenvalue weighted by Gasteiger charge is -2.27.